The molecule has 0 heterocycles. The van der Waals surface area contributed by atoms with Crippen molar-refractivity contribution in [2.24, 2.45) is 0 Å². The lowest BCUT2D eigenvalue weighted by Crippen LogP contribution is -1.87. The van der Waals surface area contributed by atoms with Crippen LogP contribution in [0, 0.1) is 13.5 Å². The molecule has 0 saturated heterocycles. The normalized spacial score (nSPS) is 10.1. The third kappa shape index (κ3) is 2.05. The molecule has 0 bridgehead atoms. The molecule has 59 valence electrons. The molecule has 0 unspecified atom stereocenters. The van der Waals surface area contributed by atoms with E-state index in [4.69, 9.17) is 5.11 Å². The molecule has 0 atom stereocenters. The molecule has 0 spiro atoms. The predicted molar refractivity (Wildman–Crippen MR) is 45.9 cm³/mol. The van der Waals surface area contributed by atoms with Crippen molar-refractivity contribution in [1.82, 2.24) is 0 Å². The van der Waals surface area contributed by atoms with Gasteiger partial charge in [0.05, 0.1) is 0 Å². The number of hydrogen-bond donors (Lipinski definition) is 1. The highest BCUT2D eigenvalue weighted by molar-refractivity contribution is 5.32. The molecule has 1 N–H and O–H groups in total. The van der Waals surface area contributed by atoms with E-state index in [1.165, 1.54) is 11.1 Å². The molecular formula is C10H13O. The minimum absolute atomic E-state index is 0.891. The number of hydrogen-bond acceptors (Lipinski definition) is 1. The molecule has 0 aliphatic heterocycles. The molecule has 1 aromatic rings. The van der Waals surface area contributed by atoms with E-state index < -0.39 is 0 Å². The van der Waals surface area contributed by atoms with Crippen LogP contribution in [-0.4, -0.2) is 5.11 Å². The van der Waals surface area contributed by atoms with Gasteiger partial charge in [-0.05, 0) is 24.5 Å². The fourth-order valence-electron chi connectivity index (χ4n) is 1.17. The maximum Gasteiger partial charge on any atom is 0.109 e. The van der Waals surface area contributed by atoms with E-state index in [-0.39, 0.29) is 0 Å². The van der Waals surface area contributed by atoms with Gasteiger partial charge < -0.3 is 5.11 Å². The van der Waals surface area contributed by atoms with Crippen LogP contribution in [0.25, 0.3) is 0 Å². The van der Waals surface area contributed by atoms with Crippen LogP contribution in [-0.2, 0) is 6.42 Å². The summed E-state index contributed by atoms with van der Waals surface area (Å²) in [5.41, 5.74) is 3.36. The van der Waals surface area contributed by atoms with E-state index in [2.05, 4.69) is 13.0 Å². The highest BCUT2D eigenvalue weighted by Crippen LogP contribution is 2.10. The van der Waals surface area contributed by atoms with Crippen LogP contribution in [0.1, 0.15) is 23.6 Å². The highest BCUT2D eigenvalue weighted by atomic mass is 16.3. The zero-order valence-corrected chi connectivity index (χ0v) is 6.96. The first-order valence-corrected chi connectivity index (χ1v) is 3.84. The van der Waals surface area contributed by atoms with Gasteiger partial charge in [-0.1, -0.05) is 30.7 Å². The fourth-order valence-corrected chi connectivity index (χ4v) is 1.17. The molecule has 0 fully saturated rings. The summed E-state index contributed by atoms with van der Waals surface area (Å²) in [6.45, 7) is 5.29. The summed E-state index contributed by atoms with van der Waals surface area (Å²) in [6.07, 6.45) is 1.02. The second kappa shape index (κ2) is 3.54. The monoisotopic (exact) mass is 149 g/mol. The predicted octanol–water partition coefficient (Wildman–Crippen LogP) is 2.44. The van der Waals surface area contributed by atoms with E-state index in [0.29, 0.717) is 0 Å². The van der Waals surface area contributed by atoms with Crippen molar-refractivity contribution in [1.29, 1.82) is 0 Å². The van der Waals surface area contributed by atoms with Gasteiger partial charge in [-0.2, -0.15) is 0 Å². The van der Waals surface area contributed by atoms with Crippen molar-refractivity contribution in [3.05, 3.63) is 41.5 Å². The Hall–Kier alpha value is -0.820. The Kier molecular flexibility index (Phi) is 2.66. The molecule has 0 aromatic heterocycles. The summed E-state index contributed by atoms with van der Waals surface area (Å²) >= 11 is 0. The van der Waals surface area contributed by atoms with Crippen LogP contribution in [0.5, 0.6) is 0 Å². The van der Waals surface area contributed by atoms with Gasteiger partial charge >= 0.3 is 0 Å². The summed E-state index contributed by atoms with van der Waals surface area (Å²) < 4.78 is 0. The van der Waals surface area contributed by atoms with Crippen LogP contribution in [0.2, 0.25) is 0 Å². The average molecular weight is 149 g/mol. The Balaban J connectivity index is 3.02. The topological polar surface area (TPSA) is 20.2 Å². The minimum atomic E-state index is 0.891. The molecule has 11 heavy (non-hydrogen) atoms. The standard InChI is InChI=1S/C10H13O/c1-3-9-4-8(2)5-10(6-9)7-11/h4-7,11H,3H2,1-2H3. The number of benzene rings is 1. The van der Waals surface area contributed by atoms with Crippen molar-refractivity contribution in [2.75, 3.05) is 0 Å². The number of aliphatic hydroxyl groups excluding tert-OH is 1. The molecular weight excluding hydrogens is 136 g/mol. The SMILES string of the molecule is CCc1cc(C)cc([CH]O)c1. The molecule has 0 saturated carbocycles. The van der Waals surface area contributed by atoms with Gasteiger partial charge in [-0.25, -0.2) is 0 Å². The summed E-state index contributed by atoms with van der Waals surface area (Å²) in [6, 6.07) is 6.08. The van der Waals surface area contributed by atoms with Gasteiger partial charge in [-0.3, -0.25) is 0 Å². The second-order valence-electron chi connectivity index (χ2n) is 2.73. The maximum atomic E-state index is 8.76. The summed E-state index contributed by atoms with van der Waals surface area (Å²) in [7, 11) is 0. The van der Waals surface area contributed by atoms with E-state index in [1.54, 1.807) is 0 Å². The smallest absolute Gasteiger partial charge is 0.109 e. The van der Waals surface area contributed by atoms with Crippen molar-refractivity contribution in [3.8, 4) is 0 Å². The summed E-state index contributed by atoms with van der Waals surface area (Å²) in [5, 5.41) is 8.76. The van der Waals surface area contributed by atoms with Crippen LogP contribution >= 0.6 is 0 Å². The van der Waals surface area contributed by atoms with Crippen molar-refractivity contribution in [2.45, 2.75) is 20.3 Å². The Morgan fingerprint density at radius 1 is 1.36 bits per heavy atom. The maximum absolute atomic E-state index is 8.76. The lowest BCUT2D eigenvalue weighted by Gasteiger charge is -2.02. The number of aryl methyl sites for hydroxylation is 2. The molecule has 1 rings (SSSR count). The third-order valence-corrected chi connectivity index (χ3v) is 1.72. The molecule has 0 amide bonds. The molecule has 1 heteroatoms. The molecule has 1 nitrogen and oxygen atoms in total. The first-order valence-electron chi connectivity index (χ1n) is 3.84. The minimum Gasteiger partial charge on any atom is -0.385 e. The Morgan fingerprint density at radius 2 is 2.09 bits per heavy atom. The molecule has 0 aliphatic rings. The lowest BCUT2D eigenvalue weighted by molar-refractivity contribution is 0.414. The molecule has 1 radical (unpaired) electrons. The third-order valence-electron chi connectivity index (χ3n) is 1.72. The largest absolute Gasteiger partial charge is 0.385 e. The van der Waals surface area contributed by atoms with Crippen LogP contribution in [0.15, 0.2) is 18.2 Å². The van der Waals surface area contributed by atoms with Crippen LogP contribution in [0.4, 0.5) is 0 Å². The zero-order chi connectivity index (χ0) is 8.27. The second-order valence-corrected chi connectivity index (χ2v) is 2.73. The van der Waals surface area contributed by atoms with Gasteiger partial charge in [0.1, 0.15) is 6.61 Å². The van der Waals surface area contributed by atoms with Crippen molar-refractivity contribution in [3.63, 3.8) is 0 Å². The Labute approximate surface area is 67.7 Å². The summed E-state index contributed by atoms with van der Waals surface area (Å²) in [4.78, 5) is 0. The van der Waals surface area contributed by atoms with Crippen LogP contribution < -0.4 is 0 Å². The van der Waals surface area contributed by atoms with E-state index in [9.17, 15) is 0 Å². The lowest BCUT2D eigenvalue weighted by atomic mass is 10.1. The van der Waals surface area contributed by atoms with Gasteiger partial charge in [0, 0.05) is 0 Å². The Morgan fingerprint density at radius 3 is 2.64 bits per heavy atom. The van der Waals surface area contributed by atoms with E-state index in [1.807, 2.05) is 19.1 Å². The first kappa shape index (κ1) is 8.28. The van der Waals surface area contributed by atoms with Crippen LogP contribution in [0.3, 0.4) is 0 Å². The van der Waals surface area contributed by atoms with Gasteiger partial charge in [0.2, 0.25) is 0 Å². The van der Waals surface area contributed by atoms with Crippen molar-refractivity contribution < 1.29 is 5.11 Å². The summed E-state index contributed by atoms with van der Waals surface area (Å²) in [5.74, 6) is 0. The molecule has 1 aromatic carbocycles. The van der Waals surface area contributed by atoms with Gasteiger partial charge in [0.25, 0.3) is 0 Å². The fraction of sp³-hybridized carbons (Fsp3) is 0.300. The number of rotatable bonds is 2. The average Bonchev–Trinajstić information content (AvgIpc) is 2.03. The first-order chi connectivity index (χ1) is 5.26. The van der Waals surface area contributed by atoms with Crippen molar-refractivity contribution >= 4 is 0 Å². The van der Waals surface area contributed by atoms with Gasteiger partial charge in [0.15, 0.2) is 0 Å². The van der Waals surface area contributed by atoms with Gasteiger partial charge in [-0.15, -0.1) is 0 Å². The van der Waals surface area contributed by atoms with E-state index in [0.717, 1.165) is 18.6 Å². The highest BCUT2D eigenvalue weighted by Gasteiger charge is 1.95. The quantitative estimate of drug-likeness (QED) is 0.684. The molecule has 0 aliphatic carbocycles. The zero-order valence-electron chi connectivity index (χ0n) is 6.96. The van der Waals surface area contributed by atoms with E-state index >= 15 is 0 Å². The Bertz CT molecular complexity index is 218. The number of aliphatic hydroxyl groups is 1.